The summed E-state index contributed by atoms with van der Waals surface area (Å²) in [6.07, 6.45) is 2.32. The summed E-state index contributed by atoms with van der Waals surface area (Å²) in [5.74, 6) is 1.75. The van der Waals surface area contributed by atoms with E-state index in [-0.39, 0.29) is 17.7 Å². The van der Waals surface area contributed by atoms with Crippen LogP contribution in [-0.2, 0) is 10.8 Å². The van der Waals surface area contributed by atoms with Crippen LogP contribution in [0.5, 0.6) is 11.5 Å². The van der Waals surface area contributed by atoms with Crippen LogP contribution in [0, 0.1) is 6.92 Å². The predicted octanol–water partition coefficient (Wildman–Crippen LogP) is 12.7. The van der Waals surface area contributed by atoms with E-state index in [1.54, 1.807) is 0 Å². The van der Waals surface area contributed by atoms with Crippen LogP contribution in [0.2, 0.25) is 0 Å². The summed E-state index contributed by atoms with van der Waals surface area (Å²) in [4.78, 5) is 5.13. The van der Waals surface area contributed by atoms with E-state index in [9.17, 15) is 0 Å². The lowest BCUT2D eigenvalue weighted by atomic mass is 9.43. The van der Waals surface area contributed by atoms with Crippen molar-refractivity contribution in [3.8, 4) is 33.8 Å². The van der Waals surface area contributed by atoms with Crippen molar-refractivity contribution < 1.29 is 9.15 Å². The summed E-state index contributed by atoms with van der Waals surface area (Å²) in [5.41, 5.74) is 19.1. The minimum atomic E-state index is -0.138. The molecular formula is C51H41BN2O2. The minimum Gasteiger partial charge on any atom is -0.454 e. The topological polar surface area (TPSA) is 28.9 Å². The summed E-state index contributed by atoms with van der Waals surface area (Å²) in [6.45, 7) is 11.9. The minimum absolute atomic E-state index is 0.0397. The van der Waals surface area contributed by atoms with Crippen LogP contribution < -0.4 is 25.4 Å². The molecule has 3 aliphatic heterocycles. The van der Waals surface area contributed by atoms with Gasteiger partial charge in [-0.25, -0.2) is 0 Å². The van der Waals surface area contributed by atoms with E-state index in [2.05, 4.69) is 178 Å². The summed E-state index contributed by atoms with van der Waals surface area (Å²) in [7, 11) is 0. The number of hydrogen-bond acceptors (Lipinski definition) is 4. The number of anilines is 5. The number of furan rings is 1. The zero-order valence-corrected chi connectivity index (χ0v) is 32.4. The molecule has 0 fully saturated rings. The number of fused-ring (bicyclic) bond motifs is 11. The molecule has 0 N–H and O–H groups in total. The first kappa shape index (κ1) is 32.1. The molecule has 56 heavy (non-hydrogen) atoms. The molecule has 1 aliphatic carbocycles. The lowest BCUT2D eigenvalue weighted by molar-refractivity contribution is 0.332. The van der Waals surface area contributed by atoms with Crippen LogP contribution in [0.4, 0.5) is 28.4 Å². The van der Waals surface area contributed by atoms with Crippen LogP contribution in [0.1, 0.15) is 57.2 Å². The van der Waals surface area contributed by atoms with Crippen molar-refractivity contribution in [2.24, 2.45) is 0 Å². The average Bonchev–Trinajstić information content (AvgIpc) is 3.60. The Morgan fingerprint density at radius 2 is 1.30 bits per heavy atom. The maximum atomic E-state index is 7.06. The van der Waals surface area contributed by atoms with Crippen molar-refractivity contribution in [3.63, 3.8) is 0 Å². The fourth-order valence-electron chi connectivity index (χ4n) is 10.4. The third-order valence-electron chi connectivity index (χ3n) is 13.4. The SMILES string of the molecule is Cc1cc2c(cc1N1c3cc(-c4ccccc4)cc4c3B(c3ccc5c(oc6ccccc65)c31)N1c3ccccc3Oc3cccc-4c31)C(C)(C)CCC2(C)C. The van der Waals surface area contributed by atoms with Crippen molar-refractivity contribution in [2.75, 3.05) is 9.71 Å². The van der Waals surface area contributed by atoms with Gasteiger partial charge in [0, 0.05) is 27.7 Å². The van der Waals surface area contributed by atoms with E-state index < -0.39 is 0 Å². The molecule has 1 aromatic heterocycles. The van der Waals surface area contributed by atoms with Crippen LogP contribution in [0.3, 0.4) is 0 Å². The third-order valence-corrected chi connectivity index (χ3v) is 13.4. The maximum absolute atomic E-state index is 7.06. The number of rotatable bonds is 2. The fraction of sp³-hybridized carbons (Fsp3) is 0.176. The highest BCUT2D eigenvalue weighted by molar-refractivity contribution is 6.94. The first-order chi connectivity index (χ1) is 27.2. The summed E-state index contributed by atoms with van der Waals surface area (Å²) < 4.78 is 13.8. The first-order valence-electron chi connectivity index (χ1n) is 20.0. The molecule has 4 nitrogen and oxygen atoms in total. The molecule has 0 spiro atoms. The van der Waals surface area contributed by atoms with Crippen molar-refractivity contribution in [3.05, 3.63) is 150 Å². The van der Waals surface area contributed by atoms with Crippen LogP contribution in [0.25, 0.3) is 44.2 Å². The van der Waals surface area contributed by atoms with E-state index in [1.807, 2.05) is 0 Å². The van der Waals surface area contributed by atoms with Crippen molar-refractivity contribution >= 4 is 68.1 Å². The summed E-state index contributed by atoms with van der Waals surface area (Å²) >= 11 is 0. The molecule has 0 bridgehead atoms. The average molecular weight is 725 g/mol. The number of para-hydroxylation sites is 4. The molecule has 7 aromatic carbocycles. The Morgan fingerprint density at radius 1 is 0.571 bits per heavy atom. The quantitative estimate of drug-likeness (QED) is 0.166. The number of hydrogen-bond donors (Lipinski definition) is 0. The summed E-state index contributed by atoms with van der Waals surface area (Å²) in [6, 6.07) is 48.9. The van der Waals surface area contributed by atoms with Crippen LogP contribution in [-0.4, -0.2) is 6.85 Å². The molecule has 8 aromatic rings. The lowest BCUT2D eigenvalue weighted by Crippen LogP contribution is -2.62. The summed E-state index contributed by atoms with van der Waals surface area (Å²) in [5, 5.41) is 2.26. The molecule has 270 valence electrons. The standard InChI is InChI=1S/C51H41BN2O2/c1-30-26-37-38(51(4,5)25-24-50(37,2)3)29-41(30)53-42-28-32(31-14-7-6-8-15-31)27-36-34-17-13-21-45-47(34)54(40-18-10-12-20-44(40)55-45)52(46(36)42)39-23-22-35-33-16-9-11-19-43(33)56-49(35)48(39)53/h6-23,26-29H,24-25H2,1-5H3. The zero-order chi connectivity index (χ0) is 37.7. The van der Waals surface area contributed by atoms with Crippen LogP contribution in [0.15, 0.2) is 138 Å². The number of ether oxygens (including phenoxy) is 1. The Morgan fingerprint density at radius 3 is 2.14 bits per heavy atom. The predicted molar refractivity (Wildman–Crippen MR) is 233 cm³/mol. The van der Waals surface area contributed by atoms with Gasteiger partial charge in [-0.3, -0.25) is 0 Å². The van der Waals surface area contributed by atoms with Gasteiger partial charge >= 0.3 is 6.85 Å². The number of benzene rings is 7. The Kier molecular flexibility index (Phi) is 6.29. The normalized spacial score (nSPS) is 16.5. The molecule has 5 heteroatoms. The van der Waals surface area contributed by atoms with E-state index in [0.29, 0.717) is 0 Å². The molecule has 0 saturated heterocycles. The fourth-order valence-corrected chi connectivity index (χ4v) is 10.4. The van der Waals surface area contributed by atoms with E-state index >= 15 is 0 Å². The van der Waals surface area contributed by atoms with Crippen molar-refractivity contribution in [1.29, 1.82) is 0 Å². The van der Waals surface area contributed by atoms with Gasteiger partial charge in [-0.1, -0.05) is 119 Å². The number of nitrogens with zero attached hydrogens (tertiary/aromatic N) is 2. The van der Waals surface area contributed by atoms with Gasteiger partial charge in [-0.05, 0) is 117 Å². The van der Waals surface area contributed by atoms with Gasteiger partial charge in [0.2, 0.25) is 0 Å². The van der Waals surface area contributed by atoms with Gasteiger partial charge in [0.15, 0.2) is 11.3 Å². The molecule has 0 atom stereocenters. The van der Waals surface area contributed by atoms with Crippen LogP contribution >= 0.6 is 0 Å². The molecule has 0 radical (unpaired) electrons. The molecule has 0 unspecified atom stereocenters. The van der Waals surface area contributed by atoms with Gasteiger partial charge in [-0.15, -0.1) is 0 Å². The second kappa shape index (κ2) is 11.0. The van der Waals surface area contributed by atoms with Gasteiger partial charge < -0.3 is 18.9 Å². The number of aryl methyl sites for hydroxylation is 1. The second-order valence-corrected chi connectivity index (χ2v) is 17.6. The maximum Gasteiger partial charge on any atom is 0.333 e. The Hall–Kier alpha value is -6.20. The molecule has 4 aliphatic rings. The monoisotopic (exact) mass is 724 g/mol. The highest BCUT2D eigenvalue weighted by atomic mass is 16.5. The highest BCUT2D eigenvalue weighted by Gasteiger charge is 2.49. The van der Waals surface area contributed by atoms with Gasteiger partial charge in [-0.2, -0.15) is 0 Å². The second-order valence-electron chi connectivity index (χ2n) is 17.6. The molecule has 0 saturated carbocycles. The van der Waals surface area contributed by atoms with E-state index in [1.165, 1.54) is 67.7 Å². The van der Waals surface area contributed by atoms with Gasteiger partial charge in [0.25, 0.3) is 0 Å². The Bertz CT molecular complexity index is 2990. The third kappa shape index (κ3) is 4.21. The Labute approximate surface area is 328 Å². The molecule has 4 heterocycles. The van der Waals surface area contributed by atoms with Gasteiger partial charge in [0.05, 0.1) is 17.1 Å². The zero-order valence-electron chi connectivity index (χ0n) is 32.4. The van der Waals surface area contributed by atoms with E-state index in [4.69, 9.17) is 9.15 Å². The highest BCUT2D eigenvalue weighted by Crippen LogP contribution is 2.57. The van der Waals surface area contributed by atoms with Crippen molar-refractivity contribution in [2.45, 2.75) is 58.3 Å². The first-order valence-corrected chi connectivity index (χ1v) is 20.0. The van der Waals surface area contributed by atoms with E-state index in [0.717, 1.165) is 56.9 Å². The Balaban J connectivity index is 1.26. The smallest absolute Gasteiger partial charge is 0.333 e. The molecule has 12 rings (SSSR count). The van der Waals surface area contributed by atoms with Gasteiger partial charge in [0.1, 0.15) is 11.3 Å². The largest absolute Gasteiger partial charge is 0.454 e. The molecule has 0 amide bonds. The lowest BCUT2D eigenvalue weighted by Gasteiger charge is -2.48. The van der Waals surface area contributed by atoms with Crippen molar-refractivity contribution in [1.82, 2.24) is 0 Å². The molecular weight excluding hydrogens is 683 g/mol.